The summed E-state index contributed by atoms with van der Waals surface area (Å²) in [4.78, 5) is 38.9. The van der Waals surface area contributed by atoms with E-state index >= 15 is 0 Å². The van der Waals surface area contributed by atoms with Crippen molar-refractivity contribution in [3.05, 3.63) is 64.2 Å². The molecule has 3 amide bonds. The highest BCUT2D eigenvalue weighted by atomic mass is 35.5. The number of halogens is 5. The van der Waals surface area contributed by atoms with Gasteiger partial charge in [0, 0.05) is 29.9 Å². The predicted octanol–water partition coefficient (Wildman–Crippen LogP) is 3.64. The van der Waals surface area contributed by atoms with Gasteiger partial charge in [-0.15, -0.1) is 0 Å². The molecule has 0 bridgehead atoms. The van der Waals surface area contributed by atoms with E-state index in [1.54, 1.807) is 5.32 Å². The molecule has 182 valence electrons. The van der Waals surface area contributed by atoms with Gasteiger partial charge in [-0.1, -0.05) is 23.7 Å². The SMILES string of the molecule is O=C(CNC(=O)C(F)F)c1ccc(CN(C(=O)N2CCOCC2)c2ccc(F)c(Cl)c2)c(F)c1. The predicted molar refractivity (Wildman–Crippen MR) is 115 cm³/mol. The number of urea groups is 1. The molecule has 0 atom stereocenters. The van der Waals surface area contributed by atoms with Crippen LogP contribution in [0.5, 0.6) is 0 Å². The molecule has 7 nitrogen and oxygen atoms in total. The van der Waals surface area contributed by atoms with E-state index in [0.29, 0.717) is 26.3 Å². The standard InChI is InChI=1S/C22H20ClF4N3O4/c23-16-10-15(3-4-17(16)24)30(22(33)29-5-7-34-8-6-29)12-14-2-1-13(9-18(14)25)19(31)11-28-21(32)20(26)27/h1-4,9-10,20H,5-8,11-12H2,(H,28,32). The van der Waals surface area contributed by atoms with Gasteiger partial charge in [-0.2, -0.15) is 8.78 Å². The van der Waals surface area contributed by atoms with Gasteiger partial charge in [0.15, 0.2) is 5.78 Å². The zero-order valence-corrected chi connectivity index (χ0v) is 18.5. The Bertz CT molecular complexity index is 1080. The summed E-state index contributed by atoms with van der Waals surface area (Å²) in [5.74, 6) is -3.90. The maximum absolute atomic E-state index is 14.8. The Morgan fingerprint density at radius 1 is 1.06 bits per heavy atom. The molecule has 12 heteroatoms. The summed E-state index contributed by atoms with van der Waals surface area (Å²) >= 11 is 5.87. The number of hydrogen-bond acceptors (Lipinski definition) is 4. The Kier molecular flexibility index (Phi) is 8.46. The number of nitrogens with zero attached hydrogens (tertiary/aromatic N) is 2. The fraction of sp³-hybridized carbons (Fsp3) is 0.318. The van der Waals surface area contributed by atoms with Gasteiger partial charge in [0.25, 0.3) is 5.91 Å². The van der Waals surface area contributed by atoms with Crippen LogP contribution in [0.4, 0.5) is 28.0 Å². The van der Waals surface area contributed by atoms with Gasteiger partial charge in [0.05, 0.1) is 31.3 Å². The maximum atomic E-state index is 14.8. The molecular formula is C22H20ClF4N3O4. The van der Waals surface area contributed by atoms with Crippen molar-refractivity contribution in [1.82, 2.24) is 10.2 Å². The first-order chi connectivity index (χ1) is 16.2. The van der Waals surface area contributed by atoms with Crippen molar-refractivity contribution < 1.29 is 36.7 Å². The van der Waals surface area contributed by atoms with Crippen LogP contribution in [0.15, 0.2) is 36.4 Å². The number of alkyl halides is 2. The van der Waals surface area contributed by atoms with Crippen LogP contribution in [0.3, 0.4) is 0 Å². The lowest BCUT2D eigenvalue weighted by atomic mass is 10.1. The normalized spacial score (nSPS) is 13.6. The fourth-order valence-corrected chi connectivity index (χ4v) is 3.39. The van der Waals surface area contributed by atoms with Crippen molar-refractivity contribution in [3.63, 3.8) is 0 Å². The van der Waals surface area contributed by atoms with Crippen LogP contribution in [0.25, 0.3) is 0 Å². The maximum Gasteiger partial charge on any atom is 0.324 e. The Morgan fingerprint density at radius 2 is 1.76 bits per heavy atom. The molecule has 2 aromatic carbocycles. The summed E-state index contributed by atoms with van der Waals surface area (Å²) in [6, 6.07) is 6.61. The van der Waals surface area contributed by atoms with Gasteiger partial charge in [-0.05, 0) is 24.3 Å². The average Bonchev–Trinajstić information content (AvgIpc) is 2.83. The van der Waals surface area contributed by atoms with Gasteiger partial charge in [-0.3, -0.25) is 14.5 Å². The molecule has 1 fully saturated rings. The molecule has 0 saturated carbocycles. The molecule has 1 heterocycles. The van der Waals surface area contributed by atoms with Crippen LogP contribution >= 0.6 is 11.6 Å². The molecule has 3 rings (SSSR count). The average molecular weight is 502 g/mol. The Hall–Kier alpha value is -3.18. The van der Waals surface area contributed by atoms with Crippen molar-refractivity contribution >= 4 is 35.0 Å². The number of ether oxygens (including phenoxy) is 1. The summed E-state index contributed by atoms with van der Waals surface area (Å²) in [6.07, 6.45) is -3.28. The second-order valence-corrected chi connectivity index (χ2v) is 7.72. The third-order valence-corrected chi connectivity index (χ3v) is 5.34. The minimum absolute atomic E-state index is 0.0372. The minimum atomic E-state index is -3.28. The van der Waals surface area contributed by atoms with Crippen molar-refractivity contribution in [2.75, 3.05) is 37.7 Å². The molecular weight excluding hydrogens is 482 g/mol. The zero-order valence-electron chi connectivity index (χ0n) is 17.7. The van der Waals surface area contributed by atoms with Crippen LogP contribution in [0.2, 0.25) is 5.02 Å². The van der Waals surface area contributed by atoms with E-state index < -0.39 is 42.3 Å². The second-order valence-electron chi connectivity index (χ2n) is 7.31. The highest BCUT2D eigenvalue weighted by Gasteiger charge is 2.26. The molecule has 0 spiro atoms. The summed E-state index contributed by atoms with van der Waals surface area (Å²) < 4.78 is 58.3. The first kappa shape index (κ1) is 25.4. The van der Waals surface area contributed by atoms with Crippen LogP contribution in [-0.2, 0) is 16.1 Å². The number of carbonyl (C=O) groups is 3. The summed E-state index contributed by atoms with van der Waals surface area (Å²) in [7, 11) is 0. The Morgan fingerprint density at radius 3 is 2.38 bits per heavy atom. The fourth-order valence-electron chi connectivity index (χ4n) is 3.21. The lowest BCUT2D eigenvalue weighted by Crippen LogP contribution is -2.48. The summed E-state index contributed by atoms with van der Waals surface area (Å²) in [5.41, 5.74) is 0.124. The van der Waals surface area contributed by atoms with Gasteiger partial charge in [0.2, 0.25) is 0 Å². The molecule has 0 aliphatic carbocycles. The molecule has 0 unspecified atom stereocenters. The molecule has 1 aliphatic heterocycles. The molecule has 0 radical (unpaired) electrons. The van der Waals surface area contributed by atoms with Gasteiger partial charge < -0.3 is 15.0 Å². The molecule has 2 aromatic rings. The molecule has 1 saturated heterocycles. The first-order valence-corrected chi connectivity index (χ1v) is 10.5. The van der Waals surface area contributed by atoms with Crippen molar-refractivity contribution in [2.45, 2.75) is 13.0 Å². The number of ketones is 1. The van der Waals surface area contributed by atoms with E-state index in [-0.39, 0.29) is 28.4 Å². The third kappa shape index (κ3) is 6.23. The molecule has 34 heavy (non-hydrogen) atoms. The number of rotatable bonds is 7. The number of anilines is 1. The number of Topliss-reactive ketones (excluding diaryl/α,β-unsaturated/α-hetero) is 1. The highest BCUT2D eigenvalue weighted by molar-refractivity contribution is 6.31. The largest absolute Gasteiger partial charge is 0.378 e. The summed E-state index contributed by atoms with van der Waals surface area (Å²) in [6.45, 7) is 0.293. The van der Waals surface area contributed by atoms with E-state index in [1.807, 2.05) is 0 Å². The van der Waals surface area contributed by atoms with Crippen molar-refractivity contribution in [3.8, 4) is 0 Å². The van der Waals surface area contributed by atoms with Gasteiger partial charge in [-0.25, -0.2) is 13.6 Å². The first-order valence-electron chi connectivity index (χ1n) is 10.1. The summed E-state index contributed by atoms with van der Waals surface area (Å²) in [5, 5.41) is 1.54. The van der Waals surface area contributed by atoms with Gasteiger partial charge >= 0.3 is 12.5 Å². The Balaban J connectivity index is 1.82. The van der Waals surface area contributed by atoms with E-state index in [4.69, 9.17) is 16.3 Å². The minimum Gasteiger partial charge on any atom is -0.378 e. The third-order valence-electron chi connectivity index (χ3n) is 5.05. The quantitative estimate of drug-likeness (QED) is 0.464. The number of hydrogen-bond donors (Lipinski definition) is 1. The van der Waals surface area contributed by atoms with E-state index in [1.165, 1.54) is 34.1 Å². The number of nitrogens with one attached hydrogen (secondary N) is 1. The molecule has 1 N–H and O–H groups in total. The van der Waals surface area contributed by atoms with E-state index in [2.05, 4.69) is 0 Å². The number of amides is 3. The number of morpholine rings is 1. The lowest BCUT2D eigenvalue weighted by Gasteiger charge is -2.33. The van der Waals surface area contributed by atoms with Crippen LogP contribution < -0.4 is 10.2 Å². The second kappa shape index (κ2) is 11.3. The number of carbonyl (C=O) groups excluding carboxylic acids is 3. The molecule has 1 aliphatic rings. The smallest absolute Gasteiger partial charge is 0.324 e. The van der Waals surface area contributed by atoms with E-state index in [9.17, 15) is 31.9 Å². The number of benzene rings is 2. The molecule has 0 aromatic heterocycles. The van der Waals surface area contributed by atoms with Crippen LogP contribution in [0, 0.1) is 11.6 Å². The van der Waals surface area contributed by atoms with Crippen LogP contribution in [0.1, 0.15) is 15.9 Å². The van der Waals surface area contributed by atoms with Crippen molar-refractivity contribution in [1.29, 1.82) is 0 Å². The highest BCUT2D eigenvalue weighted by Crippen LogP contribution is 2.26. The van der Waals surface area contributed by atoms with Gasteiger partial charge in [0.1, 0.15) is 11.6 Å². The zero-order chi connectivity index (χ0) is 24.8. The van der Waals surface area contributed by atoms with Crippen LogP contribution in [-0.4, -0.2) is 61.9 Å². The monoisotopic (exact) mass is 501 g/mol. The van der Waals surface area contributed by atoms with E-state index in [0.717, 1.165) is 12.1 Å². The topological polar surface area (TPSA) is 79.0 Å². The van der Waals surface area contributed by atoms with Crippen molar-refractivity contribution in [2.24, 2.45) is 0 Å². The Labute approximate surface area is 197 Å². The lowest BCUT2D eigenvalue weighted by molar-refractivity contribution is -0.131.